The van der Waals surface area contributed by atoms with Gasteiger partial charge in [-0.2, -0.15) is 5.10 Å². The Morgan fingerprint density at radius 2 is 1.78 bits per heavy atom. The number of amides is 2. The molecule has 0 saturated carbocycles. The second-order valence-corrected chi connectivity index (χ2v) is 7.93. The zero-order valence-corrected chi connectivity index (χ0v) is 19.3. The molecule has 0 atom stereocenters. The molecular formula is C21H25N5O5S. The summed E-state index contributed by atoms with van der Waals surface area (Å²) >= 11 is 1.52. The summed E-state index contributed by atoms with van der Waals surface area (Å²) in [6, 6.07) is 5.94. The van der Waals surface area contributed by atoms with Crippen molar-refractivity contribution in [1.82, 2.24) is 20.1 Å². The molecule has 170 valence electrons. The van der Waals surface area contributed by atoms with Gasteiger partial charge in [0.1, 0.15) is 5.69 Å². The van der Waals surface area contributed by atoms with E-state index in [1.165, 1.54) is 43.4 Å². The fraction of sp³-hybridized carbons (Fsp3) is 0.333. The summed E-state index contributed by atoms with van der Waals surface area (Å²) in [4.78, 5) is 29.8. The molecule has 0 unspecified atom stereocenters. The first-order valence-corrected chi connectivity index (χ1v) is 10.5. The van der Waals surface area contributed by atoms with Gasteiger partial charge in [-0.25, -0.2) is 14.5 Å². The average molecular weight is 460 g/mol. The molecule has 3 rings (SSSR count). The van der Waals surface area contributed by atoms with Crippen LogP contribution in [0.25, 0.3) is 10.6 Å². The summed E-state index contributed by atoms with van der Waals surface area (Å²) < 4.78 is 17.2. The molecule has 3 aromatic rings. The Balaban J connectivity index is 1.65. The lowest BCUT2D eigenvalue weighted by Crippen LogP contribution is -2.34. The van der Waals surface area contributed by atoms with Crippen LogP contribution in [0.5, 0.6) is 17.2 Å². The molecule has 32 heavy (non-hydrogen) atoms. The van der Waals surface area contributed by atoms with E-state index in [1.54, 1.807) is 18.2 Å². The predicted molar refractivity (Wildman–Crippen MR) is 122 cm³/mol. The first kappa shape index (κ1) is 23.1. The number of nitrogens with zero attached hydrogens (tertiary/aromatic N) is 3. The first-order chi connectivity index (χ1) is 15.4. The highest BCUT2D eigenvalue weighted by atomic mass is 32.1. The Bertz CT molecular complexity index is 1150. The fourth-order valence-corrected chi connectivity index (χ4v) is 3.99. The zero-order chi connectivity index (χ0) is 23.3. The summed E-state index contributed by atoms with van der Waals surface area (Å²) in [6.45, 7) is 4.25. The molecular weight excluding hydrogens is 434 g/mol. The molecule has 2 N–H and O–H groups in total. The predicted octanol–water partition coefficient (Wildman–Crippen LogP) is 2.83. The molecule has 0 aliphatic rings. The Kier molecular flexibility index (Phi) is 7.31. The van der Waals surface area contributed by atoms with Crippen molar-refractivity contribution in [3.05, 3.63) is 45.3 Å². The van der Waals surface area contributed by atoms with Gasteiger partial charge in [0.25, 0.3) is 5.56 Å². The topological polar surface area (TPSA) is 117 Å². The number of methoxy groups -OCH3 is 3. The number of nitrogens with one attached hydrogen (secondary N) is 2. The second-order valence-electron chi connectivity index (χ2n) is 6.72. The third kappa shape index (κ3) is 5.17. The lowest BCUT2D eigenvalue weighted by molar-refractivity contribution is 0.251. The Morgan fingerprint density at radius 1 is 1.09 bits per heavy atom. The van der Waals surface area contributed by atoms with Crippen LogP contribution in [-0.4, -0.2) is 48.7 Å². The van der Waals surface area contributed by atoms with Gasteiger partial charge in [0.2, 0.25) is 5.75 Å². The van der Waals surface area contributed by atoms with Gasteiger partial charge in [-0.05, 0) is 19.9 Å². The van der Waals surface area contributed by atoms with Crippen molar-refractivity contribution in [2.24, 2.45) is 0 Å². The number of carbonyl (C=O) groups excluding carboxylic acids is 1. The van der Waals surface area contributed by atoms with Gasteiger partial charge in [-0.1, -0.05) is 0 Å². The number of hydrogen-bond acceptors (Lipinski definition) is 8. The molecule has 0 spiro atoms. The van der Waals surface area contributed by atoms with Crippen LogP contribution >= 0.6 is 11.3 Å². The molecule has 0 saturated heterocycles. The maximum absolute atomic E-state index is 12.3. The maximum atomic E-state index is 12.3. The molecule has 2 aromatic heterocycles. The summed E-state index contributed by atoms with van der Waals surface area (Å²) in [6.07, 6.45) is 0. The first-order valence-electron chi connectivity index (χ1n) is 9.73. The van der Waals surface area contributed by atoms with Crippen molar-refractivity contribution in [1.29, 1.82) is 0 Å². The molecule has 11 heteroatoms. The highest BCUT2D eigenvalue weighted by molar-refractivity contribution is 7.15. The number of benzene rings is 1. The zero-order valence-electron chi connectivity index (χ0n) is 18.5. The molecule has 0 bridgehead atoms. The summed E-state index contributed by atoms with van der Waals surface area (Å²) in [5.41, 5.74) is 1.76. The number of aryl methyl sites for hydroxylation is 2. The van der Waals surface area contributed by atoms with E-state index < -0.39 is 6.03 Å². The quantitative estimate of drug-likeness (QED) is 0.532. The van der Waals surface area contributed by atoms with Gasteiger partial charge in [-0.15, -0.1) is 11.3 Å². The average Bonchev–Trinajstić information content (AvgIpc) is 3.12. The minimum absolute atomic E-state index is 0.202. The highest BCUT2D eigenvalue weighted by Crippen LogP contribution is 2.39. The van der Waals surface area contributed by atoms with Gasteiger partial charge in [-0.3, -0.25) is 4.79 Å². The normalized spacial score (nSPS) is 10.5. The van der Waals surface area contributed by atoms with Crippen LogP contribution in [0.3, 0.4) is 0 Å². The van der Waals surface area contributed by atoms with E-state index in [9.17, 15) is 9.59 Å². The van der Waals surface area contributed by atoms with Crippen molar-refractivity contribution in [2.45, 2.75) is 20.4 Å². The third-order valence-corrected chi connectivity index (χ3v) is 5.63. The number of urea groups is 1. The van der Waals surface area contributed by atoms with E-state index >= 15 is 0 Å². The number of hydrogen-bond donors (Lipinski definition) is 2. The van der Waals surface area contributed by atoms with E-state index in [0.29, 0.717) is 28.6 Å². The summed E-state index contributed by atoms with van der Waals surface area (Å²) in [5, 5.41) is 10.8. The lowest BCUT2D eigenvalue weighted by atomic mass is 10.2. The van der Waals surface area contributed by atoms with E-state index in [0.717, 1.165) is 15.6 Å². The Morgan fingerprint density at radius 3 is 2.34 bits per heavy atom. The van der Waals surface area contributed by atoms with Gasteiger partial charge >= 0.3 is 6.03 Å². The highest BCUT2D eigenvalue weighted by Gasteiger charge is 2.15. The third-order valence-electron chi connectivity index (χ3n) is 4.53. The van der Waals surface area contributed by atoms with Crippen molar-refractivity contribution in [3.63, 3.8) is 0 Å². The molecule has 0 fully saturated rings. The monoisotopic (exact) mass is 459 g/mol. The van der Waals surface area contributed by atoms with Crippen LogP contribution in [-0.2, 0) is 6.54 Å². The lowest BCUT2D eigenvalue weighted by Gasteiger charge is -2.15. The standard InChI is InChI=1S/C21H25N5O5S/c1-12-20(32-13(2)23-12)15-6-7-18(27)26(25-15)9-8-22-21(28)24-14-10-16(29-3)19(31-5)17(11-14)30-4/h6-7,10-11H,8-9H2,1-5H3,(H2,22,24,28). The molecule has 1 aromatic carbocycles. The number of anilines is 1. The minimum Gasteiger partial charge on any atom is -0.493 e. The molecule has 0 aliphatic heterocycles. The van der Waals surface area contributed by atoms with E-state index in [2.05, 4.69) is 20.7 Å². The van der Waals surface area contributed by atoms with E-state index in [4.69, 9.17) is 14.2 Å². The number of thiazole rings is 1. The van der Waals surface area contributed by atoms with Crippen molar-refractivity contribution in [2.75, 3.05) is 33.2 Å². The van der Waals surface area contributed by atoms with Gasteiger partial charge < -0.3 is 24.8 Å². The Hall–Kier alpha value is -3.60. The van der Waals surface area contributed by atoms with Crippen LogP contribution < -0.4 is 30.4 Å². The van der Waals surface area contributed by atoms with Gasteiger partial charge in [0.15, 0.2) is 11.5 Å². The van der Waals surface area contributed by atoms with Crippen LogP contribution in [0.15, 0.2) is 29.1 Å². The number of rotatable bonds is 8. The summed E-state index contributed by atoms with van der Waals surface area (Å²) in [7, 11) is 4.49. The molecule has 10 nitrogen and oxygen atoms in total. The van der Waals surface area contributed by atoms with Crippen molar-refractivity contribution >= 4 is 23.1 Å². The summed E-state index contributed by atoms with van der Waals surface area (Å²) in [5.74, 6) is 1.27. The molecule has 0 radical (unpaired) electrons. The minimum atomic E-state index is -0.447. The van der Waals surface area contributed by atoms with E-state index in [1.807, 2.05) is 13.8 Å². The van der Waals surface area contributed by atoms with Gasteiger partial charge in [0, 0.05) is 24.7 Å². The SMILES string of the molecule is COc1cc(NC(=O)NCCn2nc(-c3sc(C)nc3C)ccc2=O)cc(OC)c1OC. The number of aromatic nitrogens is 3. The van der Waals surface area contributed by atoms with Crippen LogP contribution in [0.4, 0.5) is 10.5 Å². The van der Waals surface area contributed by atoms with Crippen LogP contribution in [0.1, 0.15) is 10.7 Å². The van der Waals surface area contributed by atoms with Crippen LogP contribution in [0, 0.1) is 13.8 Å². The maximum Gasteiger partial charge on any atom is 0.319 e. The molecule has 0 aliphatic carbocycles. The van der Waals surface area contributed by atoms with Crippen LogP contribution in [0.2, 0.25) is 0 Å². The van der Waals surface area contributed by atoms with Gasteiger partial charge in [0.05, 0.1) is 49.1 Å². The largest absolute Gasteiger partial charge is 0.493 e. The number of carbonyl (C=O) groups is 1. The van der Waals surface area contributed by atoms with Crippen molar-refractivity contribution < 1.29 is 19.0 Å². The molecule has 2 amide bonds. The van der Waals surface area contributed by atoms with E-state index in [-0.39, 0.29) is 18.6 Å². The fourth-order valence-electron chi connectivity index (χ4n) is 3.10. The van der Waals surface area contributed by atoms with Crippen molar-refractivity contribution in [3.8, 4) is 27.8 Å². The second kappa shape index (κ2) is 10.1. The molecule has 2 heterocycles. The Labute approximate surface area is 189 Å². The smallest absolute Gasteiger partial charge is 0.319 e. The number of ether oxygens (including phenoxy) is 3.